The number of hydrogen-bond acceptors (Lipinski definition) is 6. The summed E-state index contributed by atoms with van der Waals surface area (Å²) < 4.78 is 10.6. The van der Waals surface area contributed by atoms with Gasteiger partial charge in [0, 0.05) is 37.6 Å². The van der Waals surface area contributed by atoms with Gasteiger partial charge in [-0.25, -0.2) is 0 Å². The molecule has 33 heavy (non-hydrogen) atoms. The van der Waals surface area contributed by atoms with Crippen LogP contribution in [0.15, 0.2) is 36.4 Å². The first-order valence-corrected chi connectivity index (χ1v) is 11.7. The summed E-state index contributed by atoms with van der Waals surface area (Å²) in [6.07, 6.45) is 4.59. The van der Waals surface area contributed by atoms with Gasteiger partial charge in [0.15, 0.2) is 11.5 Å². The van der Waals surface area contributed by atoms with E-state index in [-0.39, 0.29) is 12.8 Å². The predicted octanol–water partition coefficient (Wildman–Crippen LogP) is 2.69. The number of piperidine rings is 1. The van der Waals surface area contributed by atoms with Crippen molar-refractivity contribution in [2.45, 2.75) is 31.7 Å². The SMILES string of the molecule is CN1CCc2cc([C@@H](CNC(=O)C(=O)Nc3ccc4c(c3)OCO4)N3CCCCC3)ccc21. The molecule has 8 nitrogen and oxygen atoms in total. The zero-order valence-corrected chi connectivity index (χ0v) is 18.9. The fourth-order valence-corrected chi connectivity index (χ4v) is 4.91. The number of amides is 2. The van der Waals surface area contributed by atoms with Gasteiger partial charge in [-0.3, -0.25) is 14.5 Å². The first-order valence-electron chi connectivity index (χ1n) is 11.7. The smallest absolute Gasteiger partial charge is 0.313 e. The topological polar surface area (TPSA) is 83.1 Å². The number of fused-ring (bicyclic) bond motifs is 2. The Hall–Kier alpha value is -3.26. The van der Waals surface area contributed by atoms with Crippen molar-refractivity contribution in [3.63, 3.8) is 0 Å². The molecule has 3 aliphatic rings. The number of hydrogen-bond donors (Lipinski definition) is 2. The van der Waals surface area contributed by atoms with Crippen molar-refractivity contribution in [3.05, 3.63) is 47.5 Å². The molecule has 2 amide bonds. The number of carbonyl (C=O) groups is 2. The van der Waals surface area contributed by atoms with Gasteiger partial charge in [-0.1, -0.05) is 18.6 Å². The maximum Gasteiger partial charge on any atom is 0.313 e. The molecule has 1 saturated heterocycles. The highest BCUT2D eigenvalue weighted by Gasteiger charge is 2.26. The molecule has 0 unspecified atom stereocenters. The molecular formula is C25H30N4O4. The van der Waals surface area contributed by atoms with Crippen LogP contribution < -0.4 is 25.0 Å². The van der Waals surface area contributed by atoms with E-state index < -0.39 is 11.8 Å². The van der Waals surface area contributed by atoms with Crippen molar-refractivity contribution in [2.75, 3.05) is 50.2 Å². The highest BCUT2D eigenvalue weighted by atomic mass is 16.7. The lowest BCUT2D eigenvalue weighted by atomic mass is 9.98. The van der Waals surface area contributed by atoms with Crippen molar-refractivity contribution in [1.82, 2.24) is 10.2 Å². The lowest BCUT2D eigenvalue weighted by molar-refractivity contribution is -0.136. The van der Waals surface area contributed by atoms with Crippen molar-refractivity contribution < 1.29 is 19.1 Å². The zero-order chi connectivity index (χ0) is 22.8. The molecule has 1 atom stereocenters. The van der Waals surface area contributed by atoms with Crippen LogP contribution in [-0.2, 0) is 16.0 Å². The monoisotopic (exact) mass is 450 g/mol. The van der Waals surface area contributed by atoms with Gasteiger partial charge in [-0.15, -0.1) is 0 Å². The van der Waals surface area contributed by atoms with Crippen LogP contribution in [0.1, 0.15) is 36.4 Å². The third kappa shape index (κ3) is 4.61. The van der Waals surface area contributed by atoms with E-state index in [9.17, 15) is 9.59 Å². The average molecular weight is 451 g/mol. The van der Waals surface area contributed by atoms with E-state index in [1.54, 1.807) is 18.2 Å². The van der Waals surface area contributed by atoms with Crippen molar-refractivity contribution >= 4 is 23.2 Å². The molecule has 2 aromatic carbocycles. The van der Waals surface area contributed by atoms with E-state index in [0.29, 0.717) is 23.7 Å². The van der Waals surface area contributed by atoms with Crippen molar-refractivity contribution in [3.8, 4) is 11.5 Å². The number of ether oxygens (including phenoxy) is 2. The molecular weight excluding hydrogens is 420 g/mol. The number of nitrogens with zero attached hydrogens (tertiary/aromatic N) is 2. The summed E-state index contributed by atoms with van der Waals surface area (Å²) in [6.45, 7) is 3.58. The summed E-state index contributed by atoms with van der Waals surface area (Å²) in [7, 11) is 2.12. The second kappa shape index (κ2) is 9.31. The minimum atomic E-state index is -0.693. The van der Waals surface area contributed by atoms with Gasteiger partial charge in [0.05, 0.1) is 6.04 Å². The van der Waals surface area contributed by atoms with E-state index in [4.69, 9.17) is 9.47 Å². The lowest BCUT2D eigenvalue weighted by Gasteiger charge is -2.35. The van der Waals surface area contributed by atoms with Crippen LogP contribution in [0, 0.1) is 0 Å². The van der Waals surface area contributed by atoms with Crippen LogP contribution in [0.5, 0.6) is 11.5 Å². The Kier molecular flexibility index (Phi) is 6.09. The molecule has 0 saturated carbocycles. The van der Waals surface area contributed by atoms with Crippen LogP contribution >= 0.6 is 0 Å². The van der Waals surface area contributed by atoms with Crippen LogP contribution in [0.3, 0.4) is 0 Å². The standard InChI is InChI=1S/C25H30N4O4/c1-28-12-9-18-13-17(5-7-20(18)28)21(29-10-3-2-4-11-29)15-26-24(30)25(31)27-19-6-8-22-23(14-19)33-16-32-22/h5-8,13-14,21H,2-4,9-12,15-16H2,1H3,(H,26,30)(H,27,31)/t21-/m1/s1. The normalized spacial score (nSPS) is 18.0. The summed E-state index contributed by atoms with van der Waals surface area (Å²) in [6, 6.07) is 11.7. The zero-order valence-electron chi connectivity index (χ0n) is 18.9. The van der Waals surface area contributed by atoms with Gasteiger partial charge >= 0.3 is 11.8 Å². The third-order valence-electron chi connectivity index (χ3n) is 6.74. The molecule has 0 radical (unpaired) electrons. The Morgan fingerprint density at radius 3 is 2.64 bits per heavy atom. The first kappa shape index (κ1) is 21.6. The van der Waals surface area contributed by atoms with Gasteiger partial charge in [0.1, 0.15) is 0 Å². The van der Waals surface area contributed by atoms with E-state index in [0.717, 1.165) is 38.9 Å². The highest BCUT2D eigenvalue weighted by Crippen LogP contribution is 2.34. The molecule has 0 aromatic heterocycles. The van der Waals surface area contributed by atoms with E-state index in [2.05, 4.69) is 45.7 Å². The van der Waals surface area contributed by atoms with Crippen LogP contribution in [0.2, 0.25) is 0 Å². The molecule has 174 valence electrons. The summed E-state index contributed by atoms with van der Waals surface area (Å²) in [4.78, 5) is 29.8. The minimum Gasteiger partial charge on any atom is -0.454 e. The summed E-state index contributed by atoms with van der Waals surface area (Å²) in [5, 5.41) is 5.52. The Morgan fingerprint density at radius 2 is 1.79 bits per heavy atom. The van der Waals surface area contributed by atoms with Gasteiger partial charge in [0.2, 0.25) is 6.79 Å². The number of nitrogens with one attached hydrogen (secondary N) is 2. The maximum atomic E-state index is 12.6. The van der Waals surface area contributed by atoms with E-state index in [1.165, 1.54) is 23.2 Å². The number of anilines is 2. The molecule has 2 aromatic rings. The molecule has 2 N–H and O–H groups in total. The lowest BCUT2D eigenvalue weighted by Crippen LogP contribution is -2.43. The molecule has 5 rings (SSSR count). The fraction of sp³-hybridized carbons (Fsp3) is 0.440. The quantitative estimate of drug-likeness (QED) is 0.682. The maximum absolute atomic E-state index is 12.6. The van der Waals surface area contributed by atoms with Crippen LogP contribution in [0.4, 0.5) is 11.4 Å². The molecule has 0 spiro atoms. The molecule has 0 bridgehead atoms. The number of benzene rings is 2. The molecule has 1 fully saturated rings. The fourth-order valence-electron chi connectivity index (χ4n) is 4.91. The number of carbonyl (C=O) groups excluding carboxylic acids is 2. The predicted molar refractivity (Wildman–Crippen MR) is 126 cm³/mol. The summed E-state index contributed by atoms with van der Waals surface area (Å²) in [5.41, 5.74) is 4.32. The number of rotatable bonds is 5. The van der Waals surface area contributed by atoms with Gasteiger partial charge in [-0.05, 0) is 61.7 Å². The van der Waals surface area contributed by atoms with Gasteiger partial charge in [0.25, 0.3) is 0 Å². The Balaban J connectivity index is 1.26. The number of likely N-dealkylation sites (tertiary alicyclic amines) is 1. The van der Waals surface area contributed by atoms with Crippen LogP contribution in [0.25, 0.3) is 0 Å². The second-order valence-electron chi connectivity index (χ2n) is 8.90. The highest BCUT2D eigenvalue weighted by molar-refractivity contribution is 6.39. The largest absolute Gasteiger partial charge is 0.454 e. The Labute approximate surface area is 193 Å². The van der Waals surface area contributed by atoms with Gasteiger partial charge in [-0.2, -0.15) is 0 Å². The summed E-state index contributed by atoms with van der Waals surface area (Å²) in [5.74, 6) is -0.152. The molecule has 3 heterocycles. The first-order chi connectivity index (χ1) is 16.1. The van der Waals surface area contributed by atoms with E-state index >= 15 is 0 Å². The average Bonchev–Trinajstić information content (AvgIpc) is 3.45. The van der Waals surface area contributed by atoms with Crippen molar-refractivity contribution in [2.24, 2.45) is 0 Å². The minimum absolute atomic E-state index is 0.0452. The molecule has 8 heteroatoms. The second-order valence-corrected chi connectivity index (χ2v) is 8.90. The molecule has 0 aliphatic carbocycles. The third-order valence-corrected chi connectivity index (χ3v) is 6.74. The van der Waals surface area contributed by atoms with Gasteiger partial charge < -0.3 is 25.0 Å². The Morgan fingerprint density at radius 1 is 0.970 bits per heavy atom. The summed E-state index contributed by atoms with van der Waals surface area (Å²) >= 11 is 0. The number of likely N-dealkylation sites (N-methyl/N-ethyl adjacent to an activating group) is 1. The van der Waals surface area contributed by atoms with E-state index in [1.807, 2.05) is 0 Å². The molecule has 3 aliphatic heterocycles. The van der Waals surface area contributed by atoms with Crippen LogP contribution in [-0.4, -0.2) is 56.7 Å². The van der Waals surface area contributed by atoms with Crippen molar-refractivity contribution in [1.29, 1.82) is 0 Å². The Bertz CT molecular complexity index is 1050.